The van der Waals surface area contributed by atoms with Crippen molar-refractivity contribution >= 4 is 29.0 Å². The fourth-order valence-electron chi connectivity index (χ4n) is 2.19. The lowest BCUT2D eigenvalue weighted by Crippen LogP contribution is -2.17. The van der Waals surface area contributed by atoms with Crippen LogP contribution in [0.15, 0.2) is 83.8 Å². The van der Waals surface area contributed by atoms with E-state index in [2.05, 4.69) is 28.8 Å². The van der Waals surface area contributed by atoms with Crippen molar-refractivity contribution in [2.24, 2.45) is 0 Å². The topological polar surface area (TPSA) is 47.0 Å². The van der Waals surface area contributed by atoms with Crippen LogP contribution in [0, 0.1) is 0 Å². The van der Waals surface area contributed by atoms with Crippen molar-refractivity contribution in [2.75, 3.05) is 11.9 Å². The van der Waals surface area contributed by atoms with E-state index in [1.54, 1.807) is 24.5 Å². The zero-order chi connectivity index (χ0) is 19.6. The molecular weight excluding hydrogens is 381 g/mol. The van der Waals surface area contributed by atoms with Gasteiger partial charge in [0.25, 0.3) is 0 Å². The van der Waals surface area contributed by atoms with Gasteiger partial charge in [-0.2, -0.15) is 0 Å². The van der Waals surface area contributed by atoms with Crippen LogP contribution < -0.4 is 10.1 Å². The molecule has 27 heavy (non-hydrogen) atoms. The van der Waals surface area contributed by atoms with Crippen LogP contribution in [-0.2, 0) is 0 Å². The molecule has 0 radical (unpaired) electrons. The number of allylic oxidation sites excluding steroid dienone is 9. The number of nitrogens with one attached hydrogen (secondary N) is 1. The molecule has 1 aromatic rings. The minimum absolute atomic E-state index is 0.117. The molecule has 1 aliphatic rings. The Kier molecular flexibility index (Phi) is 8.37. The summed E-state index contributed by atoms with van der Waals surface area (Å²) in [5.74, 6) is 1.08. The van der Waals surface area contributed by atoms with E-state index in [0.717, 1.165) is 5.57 Å². The van der Waals surface area contributed by atoms with Gasteiger partial charge in [-0.1, -0.05) is 66.3 Å². The number of anilines is 1. The number of nitrogens with zero attached hydrogens (tertiary/aromatic N) is 2. The summed E-state index contributed by atoms with van der Waals surface area (Å²) in [7, 11) is 0. The Morgan fingerprint density at radius 2 is 2.15 bits per heavy atom. The molecule has 0 bridgehead atoms. The van der Waals surface area contributed by atoms with Crippen LogP contribution in [0.4, 0.5) is 5.82 Å². The van der Waals surface area contributed by atoms with E-state index in [-0.39, 0.29) is 18.0 Å². The zero-order valence-electron chi connectivity index (χ0n) is 15.4. The highest BCUT2D eigenvalue weighted by atomic mass is 35.5. The summed E-state index contributed by atoms with van der Waals surface area (Å²) in [5.41, 5.74) is 1.95. The molecule has 0 saturated carbocycles. The molecule has 0 fully saturated rings. The fourth-order valence-corrected chi connectivity index (χ4v) is 2.75. The van der Waals surface area contributed by atoms with Crippen LogP contribution in [0.25, 0.3) is 0 Å². The Morgan fingerprint density at radius 1 is 1.33 bits per heavy atom. The SMILES string of the molecule is C=C/C=C\C=C(/C)C(C)Nc1cnc(OCC2=C(Cl)C=CC=CC2Cl)cn1. The summed E-state index contributed by atoms with van der Waals surface area (Å²) in [6.45, 7) is 8.00. The van der Waals surface area contributed by atoms with E-state index >= 15 is 0 Å². The van der Waals surface area contributed by atoms with Crippen LogP contribution >= 0.6 is 23.2 Å². The molecule has 0 aliphatic heterocycles. The van der Waals surface area contributed by atoms with Gasteiger partial charge in [-0.05, 0) is 19.9 Å². The largest absolute Gasteiger partial charge is 0.472 e. The lowest BCUT2D eigenvalue weighted by atomic mass is 10.1. The van der Waals surface area contributed by atoms with Gasteiger partial charge in [0.15, 0.2) is 0 Å². The van der Waals surface area contributed by atoms with E-state index in [9.17, 15) is 0 Å². The number of alkyl halides is 1. The quantitative estimate of drug-likeness (QED) is 0.455. The highest BCUT2D eigenvalue weighted by Gasteiger charge is 2.14. The first kappa shape index (κ1) is 21.0. The smallest absolute Gasteiger partial charge is 0.232 e. The number of hydrogen-bond donors (Lipinski definition) is 1. The third kappa shape index (κ3) is 6.74. The Bertz CT molecular complexity index is 792. The van der Waals surface area contributed by atoms with Gasteiger partial charge in [0.2, 0.25) is 5.88 Å². The van der Waals surface area contributed by atoms with E-state index in [1.807, 2.05) is 43.4 Å². The minimum atomic E-state index is -0.313. The van der Waals surface area contributed by atoms with Gasteiger partial charge in [0.05, 0.1) is 17.8 Å². The Balaban J connectivity index is 1.94. The van der Waals surface area contributed by atoms with Gasteiger partial charge < -0.3 is 10.1 Å². The summed E-state index contributed by atoms with van der Waals surface area (Å²) in [6.07, 6.45) is 18.2. The van der Waals surface area contributed by atoms with Crippen molar-refractivity contribution in [3.8, 4) is 5.88 Å². The van der Waals surface area contributed by atoms with Crippen LogP contribution in [-0.4, -0.2) is 28.0 Å². The van der Waals surface area contributed by atoms with E-state index in [0.29, 0.717) is 16.7 Å². The van der Waals surface area contributed by atoms with E-state index in [1.165, 1.54) is 5.57 Å². The molecule has 142 valence electrons. The molecular formula is C21H23Cl2N3O. The highest BCUT2D eigenvalue weighted by Crippen LogP contribution is 2.23. The number of halogens is 2. The third-order valence-electron chi connectivity index (χ3n) is 3.93. The second kappa shape index (κ2) is 10.8. The number of hydrogen-bond acceptors (Lipinski definition) is 4. The van der Waals surface area contributed by atoms with Crippen molar-refractivity contribution < 1.29 is 4.74 Å². The first-order chi connectivity index (χ1) is 13.0. The standard InChI is InChI=1S/C21H23Cl2N3O/c1-4-5-6-9-15(2)16(3)26-20-12-25-21(13-24-20)27-14-17-18(22)10-7-8-11-19(17)23/h4-13,16,18H,1,14H2,2-3H3,(H,24,26)/b6-5-,15-9+. The molecule has 2 atom stereocenters. The number of ether oxygens (including phenoxy) is 1. The molecule has 4 nitrogen and oxygen atoms in total. The average Bonchev–Trinajstić information content (AvgIpc) is 2.82. The molecule has 1 heterocycles. The average molecular weight is 404 g/mol. The van der Waals surface area contributed by atoms with Gasteiger partial charge >= 0.3 is 0 Å². The molecule has 0 spiro atoms. The maximum atomic E-state index is 6.30. The molecule has 6 heteroatoms. The summed E-state index contributed by atoms with van der Waals surface area (Å²) in [5, 5.41) is 3.56. The molecule has 1 N–H and O–H groups in total. The van der Waals surface area contributed by atoms with Gasteiger partial charge in [-0.3, -0.25) is 0 Å². The first-order valence-corrected chi connectivity index (χ1v) is 9.37. The molecule has 0 saturated heterocycles. The molecule has 0 amide bonds. The second-order valence-corrected chi connectivity index (χ2v) is 6.82. The van der Waals surface area contributed by atoms with Gasteiger partial charge in [0.1, 0.15) is 12.4 Å². The molecule has 2 rings (SSSR count). The Morgan fingerprint density at radius 3 is 2.85 bits per heavy atom. The minimum Gasteiger partial charge on any atom is -0.472 e. The fraction of sp³-hybridized carbons (Fsp3) is 0.238. The monoisotopic (exact) mass is 403 g/mol. The van der Waals surface area contributed by atoms with Crippen LogP contribution in [0.5, 0.6) is 5.88 Å². The lowest BCUT2D eigenvalue weighted by Gasteiger charge is -2.15. The van der Waals surface area contributed by atoms with Crippen LogP contribution in [0.1, 0.15) is 13.8 Å². The Labute approximate surface area is 170 Å². The van der Waals surface area contributed by atoms with Gasteiger partial charge in [0, 0.05) is 16.6 Å². The van der Waals surface area contributed by atoms with Gasteiger partial charge in [-0.25, -0.2) is 9.97 Å². The third-order valence-corrected chi connectivity index (χ3v) is 4.71. The van der Waals surface area contributed by atoms with Crippen molar-refractivity contribution in [1.82, 2.24) is 9.97 Å². The van der Waals surface area contributed by atoms with Crippen molar-refractivity contribution in [2.45, 2.75) is 25.3 Å². The predicted octanol–water partition coefficient (Wildman–Crippen LogP) is 5.57. The molecule has 2 unspecified atom stereocenters. The maximum Gasteiger partial charge on any atom is 0.232 e. The van der Waals surface area contributed by atoms with Crippen LogP contribution in [0.2, 0.25) is 0 Å². The van der Waals surface area contributed by atoms with E-state index < -0.39 is 0 Å². The van der Waals surface area contributed by atoms with Crippen molar-refractivity contribution in [1.29, 1.82) is 0 Å². The highest BCUT2D eigenvalue weighted by molar-refractivity contribution is 6.33. The summed E-state index contributed by atoms with van der Waals surface area (Å²) in [6, 6.07) is 0.117. The van der Waals surface area contributed by atoms with E-state index in [4.69, 9.17) is 27.9 Å². The lowest BCUT2D eigenvalue weighted by molar-refractivity contribution is 0.334. The van der Waals surface area contributed by atoms with Crippen LogP contribution in [0.3, 0.4) is 0 Å². The van der Waals surface area contributed by atoms with Crippen molar-refractivity contribution in [3.05, 3.63) is 83.8 Å². The van der Waals surface area contributed by atoms with Gasteiger partial charge in [-0.15, -0.1) is 11.6 Å². The number of aromatic nitrogens is 2. The van der Waals surface area contributed by atoms with Crippen molar-refractivity contribution in [3.63, 3.8) is 0 Å². The Hall–Kier alpha value is -2.30. The molecule has 0 aromatic carbocycles. The predicted molar refractivity (Wildman–Crippen MR) is 115 cm³/mol. The summed E-state index contributed by atoms with van der Waals surface area (Å²) in [4.78, 5) is 8.63. The zero-order valence-corrected chi connectivity index (χ0v) is 16.9. The molecule has 1 aliphatic carbocycles. The summed E-state index contributed by atoms with van der Waals surface area (Å²) >= 11 is 12.5. The molecule has 1 aromatic heterocycles. The number of rotatable bonds is 8. The normalized spacial score (nSPS) is 18.5. The first-order valence-electron chi connectivity index (χ1n) is 8.56. The maximum absolute atomic E-state index is 6.30. The summed E-state index contributed by atoms with van der Waals surface area (Å²) < 4.78 is 5.69. The second-order valence-electron chi connectivity index (χ2n) is 5.94.